The molecular formula is C17H24BrNO. The second kappa shape index (κ2) is 6.17. The standard InChI is InChI=1S/C17H24BrNO/c1-13-16(14-6-8-15(18)9-7-14)20-17(12-19-13)10-4-2-3-5-11-17/h6-9,13,16,19H,2-5,10-12H2,1H3. The van der Waals surface area contributed by atoms with Crippen LogP contribution in [-0.2, 0) is 4.74 Å². The van der Waals surface area contributed by atoms with Gasteiger partial charge in [-0.3, -0.25) is 0 Å². The van der Waals surface area contributed by atoms with E-state index in [1.165, 1.54) is 44.1 Å². The minimum absolute atomic E-state index is 0.0702. The van der Waals surface area contributed by atoms with Gasteiger partial charge in [-0.25, -0.2) is 0 Å². The van der Waals surface area contributed by atoms with Crippen LogP contribution < -0.4 is 5.32 Å². The minimum atomic E-state index is 0.0702. The van der Waals surface area contributed by atoms with Gasteiger partial charge in [-0.15, -0.1) is 0 Å². The number of hydrogen-bond acceptors (Lipinski definition) is 2. The summed E-state index contributed by atoms with van der Waals surface area (Å²) in [7, 11) is 0. The Balaban J connectivity index is 1.80. The van der Waals surface area contributed by atoms with E-state index in [2.05, 4.69) is 52.4 Å². The van der Waals surface area contributed by atoms with E-state index >= 15 is 0 Å². The Kier molecular flexibility index (Phi) is 4.49. The van der Waals surface area contributed by atoms with Gasteiger partial charge in [0, 0.05) is 17.1 Å². The zero-order chi connectivity index (χ0) is 14.0. The average molecular weight is 338 g/mol. The highest BCUT2D eigenvalue weighted by Gasteiger charge is 2.40. The van der Waals surface area contributed by atoms with Crippen molar-refractivity contribution in [2.45, 2.75) is 63.2 Å². The molecule has 1 aromatic carbocycles. The van der Waals surface area contributed by atoms with Crippen molar-refractivity contribution in [3.05, 3.63) is 34.3 Å². The summed E-state index contributed by atoms with van der Waals surface area (Å²) in [4.78, 5) is 0. The topological polar surface area (TPSA) is 21.3 Å². The number of nitrogens with one attached hydrogen (secondary N) is 1. The fourth-order valence-electron chi connectivity index (χ4n) is 3.54. The van der Waals surface area contributed by atoms with Gasteiger partial charge < -0.3 is 10.1 Å². The smallest absolute Gasteiger partial charge is 0.0983 e. The molecule has 1 saturated carbocycles. The molecular weight excluding hydrogens is 314 g/mol. The number of rotatable bonds is 1. The molecule has 3 heteroatoms. The lowest BCUT2D eigenvalue weighted by Crippen LogP contribution is -2.54. The molecule has 2 aliphatic rings. The monoisotopic (exact) mass is 337 g/mol. The van der Waals surface area contributed by atoms with Crippen molar-refractivity contribution in [1.29, 1.82) is 0 Å². The summed E-state index contributed by atoms with van der Waals surface area (Å²) in [6.07, 6.45) is 7.94. The molecule has 1 heterocycles. The van der Waals surface area contributed by atoms with E-state index in [0.717, 1.165) is 11.0 Å². The maximum atomic E-state index is 6.66. The van der Waals surface area contributed by atoms with Crippen LogP contribution in [0.3, 0.4) is 0 Å². The van der Waals surface area contributed by atoms with Crippen LogP contribution in [0.4, 0.5) is 0 Å². The summed E-state index contributed by atoms with van der Waals surface area (Å²) in [5.74, 6) is 0. The average Bonchev–Trinajstić information content (AvgIpc) is 2.69. The highest BCUT2D eigenvalue weighted by Crippen LogP contribution is 2.39. The fraction of sp³-hybridized carbons (Fsp3) is 0.647. The molecule has 0 amide bonds. The van der Waals surface area contributed by atoms with Gasteiger partial charge >= 0.3 is 0 Å². The van der Waals surface area contributed by atoms with E-state index in [-0.39, 0.29) is 11.7 Å². The molecule has 20 heavy (non-hydrogen) atoms. The van der Waals surface area contributed by atoms with Crippen LogP contribution in [-0.4, -0.2) is 18.2 Å². The summed E-state index contributed by atoms with van der Waals surface area (Å²) in [6.45, 7) is 3.25. The lowest BCUT2D eigenvalue weighted by molar-refractivity contribution is -0.142. The predicted molar refractivity (Wildman–Crippen MR) is 85.9 cm³/mol. The summed E-state index contributed by atoms with van der Waals surface area (Å²) < 4.78 is 7.78. The fourth-order valence-corrected chi connectivity index (χ4v) is 3.81. The van der Waals surface area contributed by atoms with Gasteiger partial charge in [-0.05, 0) is 37.5 Å². The van der Waals surface area contributed by atoms with Crippen LogP contribution in [0.25, 0.3) is 0 Å². The van der Waals surface area contributed by atoms with Gasteiger partial charge in [0.2, 0.25) is 0 Å². The van der Waals surface area contributed by atoms with E-state index in [1.54, 1.807) is 0 Å². The van der Waals surface area contributed by atoms with Gasteiger partial charge in [0.25, 0.3) is 0 Å². The molecule has 1 saturated heterocycles. The molecule has 2 nitrogen and oxygen atoms in total. The minimum Gasteiger partial charge on any atom is -0.364 e. The van der Waals surface area contributed by atoms with Crippen LogP contribution in [0.5, 0.6) is 0 Å². The van der Waals surface area contributed by atoms with Crippen LogP contribution in [0.1, 0.15) is 57.1 Å². The summed E-state index contributed by atoms with van der Waals surface area (Å²) in [6, 6.07) is 8.97. The molecule has 1 N–H and O–H groups in total. The Morgan fingerprint density at radius 3 is 2.40 bits per heavy atom. The SMILES string of the molecule is CC1NCC2(CCCCCC2)OC1c1ccc(Br)cc1. The Labute approximate surface area is 130 Å². The van der Waals surface area contributed by atoms with Crippen LogP contribution in [0.2, 0.25) is 0 Å². The molecule has 1 aromatic rings. The maximum absolute atomic E-state index is 6.66. The second-order valence-corrected chi connectivity index (χ2v) is 7.27. The second-order valence-electron chi connectivity index (χ2n) is 6.36. The molecule has 2 atom stereocenters. The lowest BCUT2D eigenvalue weighted by Gasteiger charge is -2.45. The summed E-state index contributed by atoms with van der Waals surface area (Å²) in [5, 5.41) is 3.70. The van der Waals surface area contributed by atoms with Crippen LogP contribution >= 0.6 is 15.9 Å². The Bertz CT molecular complexity index is 437. The number of morpholine rings is 1. The van der Waals surface area contributed by atoms with Crippen LogP contribution in [0, 0.1) is 0 Å². The van der Waals surface area contributed by atoms with Gasteiger partial charge in [-0.2, -0.15) is 0 Å². The van der Waals surface area contributed by atoms with Crippen LogP contribution in [0.15, 0.2) is 28.7 Å². The quantitative estimate of drug-likeness (QED) is 0.809. The van der Waals surface area contributed by atoms with Crippen molar-refractivity contribution in [2.75, 3.05) is 6.54 Å². The third kappa shape index (κ3) is 3.10. The van der Waals surface area contributed by atoms with E-state index in [4.69, 9.17) is 4.74 Å². The normalized spacial score (nSPS) is 30.1. The lowest BCUT2D eigenvalue weighted by atomic mass is 9.89. The molecule has 1 aliphatic carbocycles. The van der Waals surface area contributed by atoms with Crippen molar-refractivity contribution in [2.24, 2.45) is 0 Å². The first-order valence-corrected chi connectivity index (χ1v) is 8.65. The Hall–Kier alpha value is -0.380. The first-order valence-electron chi connectivity index (χ1n) is 7.85. The molecule has 2 fully saturated rings. The van der Waals surface area contributed by atoms with E-state index < -0.39 is 0 Å². The highest BCUT2D eigenvalue weighted by atomic mass is 79.9. The first kappa shape index (κ1) is 14.6. The molecule has 0 radical (unpaired) electrons. The third-order valence-electron chi connectivity index (χ3n) is 4.79. The Morgan fingerprint density at radius 1 is 1.10 bits per heavy atom. The van der Waals surface area contributed by atoms with Gasteiger partial charge in [0.1, 0.15) is 0 Å². The zero-order valence-electron chi connectivity index (χ0n) is 12.2. The molecule has 1 spiro atoms. The van der Waals surface area contributed by atoms with Gasteiger partial charge in [0.05, 0.1) is 11.7 Å². The molecule has 0 aromatic heterocycles. The van der Waals surface area contributed by atoms with Gasteiger partial charge in [-0.1, -0.05) is 53.7 Å². The summed E-state index contributed by atoms with van der Waals surface area (Å²) in [5.41, 5.74) is 1.36. The van der Waals surface area contributed by atoms with Crippen molar-refractivity contribution >= 4 is 15.9 Å². The van der Waals surface area contributed by atoms with E-state index in [9.17, 15) is 0 Å². The molecule has 110 valence electrons. The number of hydrogen-bond donors (Lipinski definition) is 1. The highest BCUT2D eigenvalue weighted by molar-refractivity contribution is 9.10. The number of ether oxygens (including phenoxy) is 1. The van der Waals surface area contributed by atoms with Crippen molar-refractivity contribution < 1.29 is 4.74 Å². The first-order chi connectivity index (χ1) is 9.69. The largest absolute Gasteiger partial charge is 0.364 e. The van der Waals surface area contributed by atoms with Crippen molar-refractivity contribution in [3.63, 3.8) is 0 Å². The third-order valence-corrected chi connectivity index (χ3v) is 5.32. The van der Waals surface area contributed by atoms with E-state index in [0.29, 0.717) is 6.04 Å². The molecule has 2 unspecified atom stereocenters. The zero-order valence-corrected chi connectivity index (χ0v) is 13.8. The maximum Gasteiger partial charge on any atom is 0.0983 e. The molecule has 0 bridgehead atoms. The number of halogens is 1. The molecule has 3 rings (SSSR count). The van der Waals surface area contributed by atoms with E-state index in [1.807, 2.05) is 0 Å². The predicted octanol–water partition coefficient (Wildman–Crippen LogP) is 4.59. The van der Waals surface area contributed by atoms with Gasteiger partial charge in [0.15, 0.2) is 0 Å². The van der Waals surface area contributed by atoms with Crippen molar-refractivity contribution in [1.82, 2.24) is 5.32 Å². The summed E-state index contributed by atoms with van der Waals surface area (Å²) >= 11 is 3.51. The number of benzene rings is 1. The molecule has 1 aliphatic heterocycles. The Morgan fingerprint density at radius 2 is 1.75 bits per heavy atom. The van der Waals surface area contributed by atoms with Crippen molar-refractivity contribution in [3.8, 4) is 0 Å².